The molecule has 0 atom stereocenters. The first-order valence-electron chi connectivity index (χ1n) is 5.86. The van der Waals surface area contributed by atoms with Gasteiger partial charge in [-0.25, -0.2) is 13.2 Å². The van der Waals surface area contributed by atoms with Crippen LogP contribution in [0.25, 0.3) is 0 Å². The number of hydrogen-bond acceptors (Lipinski definition) is 2. The number of carbonyl (C=O) groups is 1. The summed E-state index contributed by atoms with van der Waals surface area (Å²) >= 11 is 0. The Morgan fingerprint density at radius 2 is 1.67 bits per heavy atom. The Labute approximate surface area is 102 Å². The summed E-state index contributed by atoms with van der Waals surface area (Å²) in [6.45, 7) is 0. The highest BCUT2D eigenvalue weighted by molar-refractivity contribution is 6.02. The monoisotopic (exact) mass is 258 g/mol. The van der Waals surface area contributed by atoms with Crippen molar-refractivity contribution in [2.75, 3.05) is 0 Å². The Morgan fingerprint density at radius 3 is 2.28 bits per heavy atom. The molecule has 1 N–H and O–H groups in total. The first kappa shape index (κ1) is 13.1. The van der Waals surface area contributed by atoms with Gasteiger partial charge in [-0.2, -0.15) is 0 Å². The molecular formula is C13H13F3O2. The number of aliphatic hydroxyl groups is 1. The Balaban J connectivity index is 2.37. The van der Waals surface area contributed by atoms with Gasteiger partial charge >= 0.3 is 0 Å². The minimum Gasteiger partial charge on any atom is -0.382 e. The molecular weight excluding hydrogens is 245 g/mol. The molecule has 0 saturated heterocycles. The van der Waals surface area contributed by atoms with Gasteiger partial charge in [-0.1, -0.05) is 19.3 Å². The fourth-order valence-electron chi connectivity index (χ4n) is 2.32. The van der Waals surface area contributed by atoms with Crippen molar-refractivity contribution in [3.63, 3.8) is 0 Å². The average Bonchev–Trinajstić information content (AvgIpc) is 2.36. The molecule has 2 rings (SSSR count). The highest BCUT2D eigenvalue weighted by atomic mass is 19.2. The van der Waals surface area contributed by atoms with E-state index >= 15 is 0 Å². The Bertz CT molecular complexity index is 479. The molecule has 1 aliphatic rings. The fourth-order valence-corrected chi connectivity index (χ4v) is 2.32. The second-order valence-corrected chi connectivity index (χ2v) is 4.64. The molecule has 0 unspecified atom stereocenters. The van der Waals surface area contributed by atoms with Gasteiger partial charge in [0.25, 0.3) is 0 Å². The van der Waals surface area contributed by atoms with Crippen molar-refractivity contribution in [3.8, 4) is 0 Å². The van der Waals surface area contributed by atoms with Crippen LogP contribution >= 0.6 is 0 Å². The largest absolute Gasteiger partial charge is 0.382 e. The summed E-state index contributed by atoms with van der Waals surface area (Å²) in [4.78, 5) is 12.0. The lowest BCUT2D eigenvalue weighted by atomic mass is 9.79. The SMILES string of the molecule is O=C(c1ccc(F)c(F)c1F)C1(O)CCCCC1. The second-order valence-electron chi connectivity index (χ2n) is 4.64. The quantitative estimate of drug-likeness (QED) is 0.654. The smallest absolute Gasteiger partial charge is 0.197 e. The molecule has 0 spiro atoms. The van der Waals surface area contributed by atoms with E-state index in [1.54, 1.807) is 0 Å². The third kappa shape index (κ3) is 2.14. The molecule has 1 aromatic rings. The Hall–Kier alpha value is -1.36. The average molecular weight is 258 g/mol. The van der Waals surface area contributed by atoms with Crippen LogP contribution in [-0.4, -0.2) is 16.5 Å². The minimum absolute atomic E-state index is 0.226. The zero-order valence-electron chi connectivity index (χ0n) is 9.68. The summed E-state index contributed by atoms with van der Waals surface area (Å²) in [6.07, 6.45) is 2.67. The fraction of sp³-hybridized carbons (Fsp3) is 0.462. The molecule has 18 heavy (non-hydrogen) atoms. The highest BCUT2D eigenvalue weighted by Crippen LogP contribution is 2.32. The maximum Gasteiger partial charge on any atom is 0.197 e. The Kier molecular flexibility index (Phi) is 3.43. The number of rotatable bonds is 2. The summed E-state index contributed by atoms with van der Waals surface area (Å²) in [5, 5.41) is 10.1. The van der Waals surface area contributed by atoms with E-state index in [1.807, 2.05) is 0 Å². The number of halogens is 3. The molecule has 1 saturated carbocycles. The van der Waals surface area contributed by atoms with Crippen molar-refractivity contribution in [2.45, 2.75) is 37.7 Å². The van der Waals surface area contributed by atoms with Crippen LogP contribution in [0.3, 0.4) is 0 Å². The van der Waals surface area contributed by atoms with Gasteiger partial charge in [-0.05, 0) is 25.0 Å². The predicted octanol–water partition coefficient (Wildman–Crippen LogP) is 2.98. The highest BCUT2D eigenvalue weighted by Gasteiger charge is 2.39. The summed E-state index contributed by atoms with van der Waals surface area (Å²) in [5.41, 5.74) is -2.23. The number of ketones is 1. The van der Waals surface area contributed by atoms with Gasteiger partial charge in [-0.3, -0.25) is 4.79 Å². The van der Waals surface area contributed by atoms with E-state index in [1.165, 1.54) is 0 Å². The van der Waals surface area contributed by atoms with Crippen molar-refractivity contribution < 1.29 is 23.1 Å². The Morgan fingerprint density at radius 1 is 1.06 bits per heavy atom. The normalized spacial score (nSPS) is 18.7. The van der Waals surface area contributed by atoms with Gasteiger partial charge in [0, 0.05) is 0 Å². The third-order valence-electron chi connectivity index (χ3n) is 3.38. The molecule has 0 bridgehead atoms. The summed E-state index contributed by atoms with van der Waals surface area (Å²) in [7, 11) is 0. The van der Waals surface area contributed by atoms with Crippen LogP contribution < -0.4 is 0 Å². The van der Waals surface area contributed by atoms with Gasteiger partial charge in [0.05, 0.1) is 5.56 Å². The molecule has 5 heteroatoms. The van der Waals surface area contributed by atoms with E-state index in [-0.39, 0.29) is 12.8 Å². The first-order valence-corrected chi connectivity index (χ1v) is 5.86. The number of benzene rings is 1. The lowest BCUT2D eigenvalue weighted by molar-refractivity contribution is 0.0112. The van der Waals surface area contributed by atoms with Crippen LogP contribution in [0.2, 0.25) is 0 Å². The van der Waals surface area contributed by atoms with Crippen molar-refractivity contribution in [3.05, 3.63) is 35.1 Å². The van der Waals surface area contributed by atoms with Gasteiger partial charge in [0.1, 0.15) is 5.60 Å². The third-order valence-corrected chi connectivity index (χ3v) is 3.38. The van der Waals surface area contributed by atoms with Crippen molar-refractivity contribution in [1.29, 1.82) is 0 Å². The maximum atomic E-state index is 13.5. The van der Waals surface area contributed by atoms with Crippen LogP contribution in [0.15, 0.2) is 12.1 Å². The molecule has 0 aliphatic heterocycles. The standard InChI is InChI=1S/C13H13F3O2/c14-9-5-4-8(10(15)11(9)16)12(17)13(18)6-2-1-3-7-13/h4-5,18H,1-3,6-7H2. The predicted molar refractivity (Wildman–Crippen MR) is 58.7 cm³/mol. The van der Waals surface area contributed by atoms with Gasteiger partial charge in [0.15, 0.2) is 23.2 Å². The van der Waals surface area contributed by atoms with E-state index < -0.39 is 34.4 Å². The van der Waals surface area contributed by atoms with E-state index in [9.17, 15) is 23.1 Å². The van der Waals surface area contributed by atoms with E-state index in [0.29, 0.717) is 18.9 Å². The number of carbonyl (C=O) groups excluding carboxylic acids is 1. The number of Topliss-reactive ketones (excluding diaryl/α,β-unsaturated/α-hetero) is 1. The molecule has 2 nitrogen and oxygen atoms in total. The van der Waals surface area contributed by atoms with Crippen LogP contribution in [0.1, 0.15) is 42.5 Å². The van der Waals surface area contributed by atoms with Gasteiger partial charge < -0.3 is 5.11 Å². The molecule has 0 amide bonds. The van der Waals surface area contributed by atoms with E-state index in [4.69, 9.17) is 0 Å². The molecule has 1 fully saturated rings. The maximum absolute atomic E-state index is 13.5. The van der Waals surface area contributed by atoms with Crippen molar-refractivity contribution in [2.24, 2.45) is 0 Å². The van der Waals surface area contributed by atoms with E-state index in [2.05, 4.69) is 0 Å². The van der Waals surface area contributed by atoms with Crippen LogP contribution in [0, 0.1) is 17.5 Å². The van der Waals surface area contributed by atoms with Crippen LogP contribution in [0.4, 0.5) is 13.2 Å². The molecule has 0 heterocycles. The molecule has 0 aromatic heterocycles. The van der Waals surface area contributed by atoms with Gasteiger partial charge in [-0.15, -0.1) is 0 Å². The van der Waals surface area contributed by atoms with Crippen LogP contribution in [-0.2, 0) is 0 Å². The first-order chi connectivity index (χ1) is 8.46. The van der Waals surface area contributed by atoms with Crippen LogP contribution in [0.5, 0.6) is 0 Å². The number of hydrogen-bond donors (Lipinski definition) is 1. The zero-order valence-corrected chi connectivity index (χ0v) is 9.68. The summed E-state index contributed by atoms with van der Waals surface area (Å²) in [5.74, 6) is -5.42. The summed E-state index contributed by atoms with van der Waals surface area (Å²) < 4.78 is 39.3. The van der Waals surface area contributed by atoms with Crippen molar-refractivity contribution >= 4 is 5.78 Å². The topological polar surface area (TPSA) is 37.3 Å². The lowest BCUT2D eigenvalue weighted by Gasteiger charge is -2.30. The summed E-state index contributed by atoms with van der Waals surface area (Å²) in [6, 6.07) is 1.57. The molecule has 0 radical (unpaired) electrons. The second kappa shape index (κ2) is 4.72. The lowest BCUT2D eigenvalue weighted by Crippen LogP contribution is -2.41. The van der Waals surface area contributed by atoms with Gasteiger partial charge in [0.2, 0.25) is 0 Å². The molecule has 1 aromatic carbocycles. The van der Waals surface area contributed by atoms with Crippen molar-refractivity contribution in [1.82, 2.24) is 0 Å². The molecule has 98 valence electrons. The van der Waals surface area contributed by atoms with E-state index in [0.717, 1.165) is 12.5 Å². The molecule has 1 aliphatic carbocycles. The minimum atomic E-state index is -1.68. The zero-order chi connectivity index (χ0) is 13.3.